The van der Waals surface area contributed by atoms with Crippen LogP contribution in [0.3, 0.4) is 0 Å². The van der Waals surface area contributed by atoms with Gasteiger partial charge in [-0.3, -0.25) is 0 Å². The molecular weight excluding hydrogens is 544 g/mol. The van der Waals surface area contributed by atoms with Gasteiger partial charge in [0, 0.05) is 16.3 Å². The van der Waals surface area contributed by atoms with E-state index in [1.54, 1.807) is 18.2 Å². The summed E-state index contributed by atoms with van der Waals surface area (Å²) in [5.41, 5.74) is 4.53. The molecule has 45 heavy (non-hydrogen) atoms. The van der Waals surface area contributed by atoms with Crippen LogP contribution in [-0.4, -0.2) is 0 Å². The third-order valence-electron chi connectivity index (χ3n) is 8.19. The summed E-state index contributed by atoms with van der Waals surface area (Å²) < 4.78 is 121. The predicted octanol–water partition coefficient (Wildman–Crippen LogP) is 12.6. The first-order valence-corrected chi connectivity index (χ1v) is 14.4. The lowest BCUT2D eigenvalue weighted by Crippen LogP contribution is -1.90. The summed E-state index contributed by atoms with van der Waals surface area (Å²) >= 11 is 0. The number of furan rings is 1. The largest absolute Gasteiger partial charge is 0.455 e. The second kappa shape index (κ2) is 10.4. The molecule has 0 amide bonds. The Morgan fingerprint density at radius 2 is 0.978 bits per heavy atom. The number of fused-ring (bicyclic) bond motifs is 5. The highest BCUT2D eigenvalue weighted by atomic mass is 16.3. The summed E-state index contributed by atoms with van der Waals surface area (Å²) in [6, 6.07) is 20.6. The van der Waals surface area contributed by atoms with Crippen molar-refractivity contribution in [1.82, 2.24) is 0 Å². The lowest BCUT2D eigenvalue weighted by Gasteiger charge is -2.17. The van der Waals surface area contributed by atoms with E-state index in [0.29, 0.717) is 22.1 Å². The van der Waals surface area contributed by atoms with Crippen molar-refractivity contribution in [2.24, 2.45) is 0 Å². The van der Waals surface area contributed by atoms with E-state index in [-0.39, 0.29) is 32.7 Å². The van der Waals surface area contributed by atoms with Crippen LogP contribution in [0.1, 0.15) is 17.8 Å². The van der Waals surface area contributed by atoms with Crippen molar-refractivity contribution in [3.8, 4) is 44.5 Å². The number of para-hydroxylation sites is 1. The Labute approximate surface area is 279 Å². The Hall–Kier alpha value is -5.92. The zero-order valence-corrected chi connectivity index (χ0v) is 23.6. The molecule has 0 aliphatic heterocycles. The van der Waals surface area contributed by atoms with Crippen LogP contribution in [0.15, 0.2) is 174 Å². The van der Waals surface area contributed by atoms with Gasteiger partial charge in [0.2, 0.25) is 0 Å². The van der Waals surface area contributed by atoms with E-state index in [1.807, 2.05) is 66.7 Å². The standard InChI is InChI=1S/C44H28O/c1-3-13-29(14-4-1)31-17-11-18-32(27-31)34-23-12-24-39-40-28-33(25-26-41(40)45-44(34)39)43-37-21-9-7-19-35(37)42(30-15-5-2-6-16-30)36-20-8-10-22-38(36)43/h1-28H/i2D,5D,6D,7D,8D,9D,10D,15D,16D,19D,20D,21D,22D. The molecular formula is C44H28O. The van der Waals surface area contributed by atoms with Gasteiger partial charge in [-0.05, 0) is 78.7 Å². The second-order valence-corrected chi connectivity index (χ2v) is 10.7. The molecule has 0 saturated heterocycles. The first kappa shape index (κ1) is 15.7. The molecule has 0 fully saturated rings. The van der Waals surface area contributed by atoms with E-state index in [4.69, 9.17) is 16.8 Å². The Kier molecular flexibility index (Phi) is 3.62. The fourth-order valence-corrected chi connectivity index (χ4v) is 6.22. The van der Waals surface area contributed by atoms with Gasteiger partial charge >= 0.3 is 0 Å². The van der Waals surface area contributed by atoms with E-state index in [0.717, 1.165) is 27.6 Å². The summed E-state index contributed by atoms with van der Waals surface area (Å²) in [5.74, 6) is 0. The molecule has 9 aromatic rings. The molecule has 0 N–H and O–H groups in total. The van der Waals surface area contributed by atoms with Crippen molar-refractivity contribution in [3.05, 3.63) is 170 Å². The van der Waals surface area contributed by atoms with Crippen molar-refractivity contribution in [1.29, 1.82) is 0 Å². The molecule has 9 rings (SSSR count). The third kappa shape index (κ3) is 4.17. The molecule has 0 unspecified atom stereocenters. The number of hydrogen-bond acceptors (Lipinski definition) is 1. The number of hydrogen-bond donors (Lipinski definition) is 0. The molecule has 0 bridgehead atoms. The predicted molar refractivity (Wildman–Crippen MR) is 190 cm³/mol. The molecule has 0 atom stereocenters. The SMILES string of the molecule is [2H]c1c([2H])c([2H])c(-c2c3c([2H])c([2H])c([2H])c([2H])c3c(-c3ccc4oc5c(-c6cccc(-c7ccccc7)c6)cccc5c4c3)c3c([2H])c([2H])c([2H])c([2H])c23)c([2H])c1[2H]. The van der Waals surface area contributed by atoms with Crippen molar-refractivity contribution in [3.63, 3.8) is 0 Å². The normalized spacial score (nSPS) is 15.6. The monoisotopic (exact) mass is 585 g/mol. The summed E-state index contributed by atoms with van der Waals surface area (Å²) in [6.45, 7) is 0. The zero-order valence-electron chi connectivity index (χ0n) is 36.6. The quantitative estimate of drug-likeness (QED) is 0.187. The van der Waals surface area contributed by atoms with Crippen molar-refractivity contribution < 1.29 is 22.2 Å². The van der Waals surface area contributed by atoms with Gasteiger partial charge in [-0.1, -0.05) is 151 Å². The van der Waals surface area contributed by atoms with Gasteiger partial charge in [-0.15, -0.1) is 0 Å². The summed E-state index contributed by atoms with van der Waals surface area (Å²) in [4.78, 5) is 0. The van der Waals surface area contributed by atoms with Crippen LogP contribution in [0.5, 0.6) is 0 Å². The fourth-order valence-electron chi connectivity index (χ4n) is 6.22. The summed E-state index contributed by atoms with van der Waals surface area (Å²) in [7, 11) is 0. The minimum atomic E-state index is -0.716. The van der Waals surface area contributed by atoms with Crippen LogP contribution in [-0.2, 0) is 0 Å². The molecule has 8 aromatic carbocycles. The molecule has 1 heterocycles. The van der Waals surface area contributed by atoms with Gasteiger partial charge in [0.25, 0.3) is 0 Å². The Balaban J connectivity index is 1.42. The maximum absolute atomic E-state index is 9.26. The van der Waals surface area contributed by atoms with Gasteiger partial charge < -0.3 is 4.42 Å². The number of benzene rings is 8. The molecule has 1 aromatic heterocycles. The van der Waals surface area contributed by atoms with Crippen LogP contribution < -0.4 is 0 Å². The Bertz CT molecular complexity index is 3150. The molecule has 210 valence electrons. The lowest BCUT2D eigenvalue weighted by molar-refractivity contribution is 0.670. The van der Waals surface area contributed by atoms with Crippen LogP contribution in [0.25, 0.3) is 88.0 Å². The van der Waals surface area contributed by atoms with E-state index in [1.165, 1.54) is 0 Å². The molecule has 1 heteroatoms. The molecule has 0 saturated carbocycles. The van der Waals surface area contributed by atoms with Gasteiger partial charge in [0.05, 0.1) is 17.8 Å². The van der Waals surface area contributed by atoms with Crippen LogP contribution in [0, 0.1) is 0 Å². The molecule has 0 aliphatic carbocycles. The summed E-state index contributed by atoms with van der Waals surface area (Å²) in [5, 5.41) is 0.565. The second-order valence-electron chi connectivity index (χ2n) is 10.7. The topological polar surface area (TPSA) is 13.1 Å². The highest BCUT2D eigenvalue weighted by Gasteiger charge is 2.18. The molecule has 0 radical (unpaired) electrons. The van der Waals surface area contributed by atoms with E-state index >= 15 is 0 Å². The van der Waals surface area contributed by atoms with E-state index in [9.17, 15) is 5.48 Å². The minimum absolute atomic E-state index is 0.0584. The fraction of sp³-hybridized carbons (Fsp3) is 0. The molecule has 1 nitrogen and oxygen atoms in total. The van der Waals surface area contributed by atoms with Crippen molar-refractivity contribution in [2.45, 2.75) is 0 Å². The Morgan fingerprint density at radius 1 is 0.378 bits per heavy atom. The highest BCUT2D eigenvalue weighted by Crippen LogP contribution is 2.45. The Morgan fingerprint density at radius 3 is 1.69 bits per heavy atom. The average molecular weight is 586 g/mol. The van der Waals surface area contributed by atoms with Gasteiger partial charge in [-0.2, -0.15) is 0 Å². The average Bonchev–Trinajstić information content (AvgIpc) is 3.62. The van der Waals surface area contributed by atoms with Crippen LogP contribution in [0.4, 0.5) is 0 Å². The molecule has 0 aliphatic rings. The highest BCUT2D eigenvalue weighted by molar-refractivity contribution is 6.22. The minimum Gasteiger partial charge on any atom is -0.455 e. The number of rotatable bonds is 4. The summed E-state index contributed by atoms with van der Waals surface area (Å²) in [6.07, 6.45) is 0. The van der Waals surface area contributed by atoms with Gasteiger partial charge in [0.15, 0.2) is 0 Å². The van der Waals surface area contributed by atoms with Crippen LogP contribution in [0.2, 0.25) is 0 Å². The van der Waals surface area contributed by atoms with Gasteiger partial charge in [0.1, 0.15) is 11.2 Å². The van der Waals surface area contributed by atoms with Crippen LogP contribution >= 0.6 is 0 Å². The van der Waals surface area contributed by atoms with Crippen molar-refractivity contribution >= 4 is 43.5 Å². The maximum Gasteiger partial charge on any atom is 0.143 e. The lowest BCUT2D eigenvalue weighted by atomic mass is 9.86. The van der Waals surface area contributed by atoms with Crippen molar-refractivity contribution in [2.75, 3.05) is 0 Å². The smallest absolute Gasteiger partial charge is 0.143 e. The molecule has 0 spiro atoms. The van der Waals surface area contributed by atoms with E-state index < -0.39 is 84.1 Å². The first-order valence-electron chi connectivity index (χ1n) is 20.9. The first-order chi connectivity index (χ1) is 27.7. The zero-order chi connectivity index (χ0) is 41.1. The van der Waals surface area contributed by atoms with E-state index in [2.05, 4.69) is 6.07 Å². The third-order valence-corrected chi connectivity index (χ3v) is 8.19. The maximum atomic E-state index is 9.26. The van der Waals surface area contributed by atoms with Gasteiger partial charge in [-0.25, -0.2) is 0 Å².